The molecule has 2 aliphatic heterocycles. The third kappa shape index (κ3) is 4.66. The topological polar surface area (TPSA) is 127 Å². The van der Waals surface area contributed by atoms with Crippen molar-refractivity contribution in [1.82, 2.24) is 39.5 Å². The maximum absolute atomic E-state index is 13.1. The Labute approximate surface area is 281 Å². The Balaban J connectivity index is 1.62. The molecule has 0 aliphatic carbocycles. The maximum atomic E-state index is 13.1. The molecule has 2 aliphatic rings. The molecule has 7 aromatic rings. The number of aldehydes is 1. The summed E-state index contributed by atoms with van der Waals surface area (Å²) in [6.07, 6.45) is 12.7. The van der Waals surface area contributed by atoms with E-state index in [1.807, 2.05) is 85.5 Å². The summed E-state index contributed by atoms with van der Waals surface area (Å²) in [6.45, 7) is 4.39. The van der Waals surface area contributed by atoms with E-state index in [2.05, 4.69) is 73.7 Å². The molecule has 0 fully saturated rings. The summed E-state index contributed by atoms with van der Waals surface area (Å²) in [5.41, 5.74) is 14.4. The first-order valence-electron chi connectivity index (χ1n) is 16.3. The molecule has 0 saturated carbocycles. The Morgan fingerprint density at radius 3 is 1.82 bits per heavy atom. The third-order valence-corrected chi connectivity index (χ3v) is 9.13. The largest absolute Gasteiger partial charge is 0.361 e. The minimum Gasteiger partial charge on any atom is -0.361 e. The van der Waals surface area contributed by atoms with Crippen molar-refractivity contribution in [3.8, 4) is 33.8 Å². The van der Waals surface area contributed by atoms with Crippen molar-refractivity contribution in [2.75, 3.05) is 0 Å². The van der Waals surface area contributed by atoms with Gasteiger partial charge in [-0.1, -0.05) is 0 Å². The summed E-state index contributed by atoms with van der Waals surface area (Å²) in [5.74, 6) is 0. The average Bonchev–Trinajstić information content (AvgIpc) is 3.94. The zero-order valence-electron chi connectivity index (χ0n) is 26.9. The molecule has 0 spiro atoms. The van der Waals surface area contributed by atoms with Gasteiger partial charge in [0.1, 0.15) is 0 Å². The number of allylic oxidation sites excluding steroid dienone is 1. The molecule has 0 atom stereocenters. The number of fused-ring (bicyclic) bond motifs is 8. The number of rotatable bonds is 6. The van der Waals surface area contributed by atoms with E-state index in [1.54, 1.807) is 0 Å². The van der Waals surface area contributed by atoms with Gasteiger partial charge in [0.15, 0.2) is 6.29 Å². The number of carbonyl (C=O) groups excluding carboxylic acids is 1. The number of carbonyl (C=O) groups is 1. The summed E-state index contributed by atoms with van der Waals surface area (Å²) < 4.78 is 2.37. The van der Waals surface area contributed by atoms with Crippen LogP contribution in [0, 0.1) is 0 Å². The van der Waals surface area contributed by atoms with Gasteiger partial charge < -0.3 is 29.5 Å². The van der Waals surface area contributed by atoms with Crippen LogP contribution >= 0.6 is 0 Å². The maximum Gasteiger partial charge on any atom is 0.152 e. The summed E-state index contributed by atoms with van der Waals surface area (Å²) in [5, 5.41) is 0. The molecule has 49 heavy (non-hydrogen) atoms. The fourth-order valence-corrected chi connectivity index (χ4v) is 7.15. The number of hydrogen-bond donors (Lipinski definition) is 5. The van der Waals surface area contributed by atoms with Crippen LogP contribution in [0.2, 0.25) is 0 Å². The van der Waals surface area contributed by atoms with Crippen molar-refractivity contribution >= 4 is 51.7 Å². The Kier molecular flexibility index (Phi) is 6.58. The number of aromatic nitrogens is 8. The second-order valence-electron chi connectivity index (χ2n) is 12.5. The molecule has 238 valence electrons. The van der Waals surface area contributed by atoms with Crippen molar-refractivity contribution in [2.24, 2.45) is 0 Å². The molecular formula is C40H32N8O. The van der Waals surface area contributed by atoms with E-state index in [-0.39, 0.29) is 6.04 Å². The van der Waals surface area contributed by atoms with E-state index in [9.17, 15) is 4.79 Å². The van der Waals surface area contributed by atoms with Crippen LogP contribution in [0.3, 0.4) is 0 Å². The molecule has 0 unspecified atom stereocenters. The highest BCUT2D eigenvalue weighted by Crippen LogP contribution is 2.48. The number of nitrogens with zero attached hydrogens (tertiary/aromatic N) is 3. The van der Waals surface area contributed by atoms with Crippen LogP contribution in [0.1, 0.15) is 48.4 Å². The smallest absolute Gasteiger partial charge is 0.152 e. The van der Waals surface area contributed by atoms with Gasteiger partial charge in [-0.05, 0) is 105 Å². The van der Waals surface area contributed by atoms with Gasteiger partial charge in [0.2, 0.25) is 0 Å². The van der Waals surface area contributed by atoms with Gasteiger partial charge in [-0.25, -0.2) is 9.97 Å². The molecule has 0 saturated heterocycles. The van der Waals surface area contributed by atoms with Crippen LogP contribution in [-0.2, 0) is 4.79 Å². The van der Waals surface area contributed by atoms with E-state index < -0.39 is 0 Å². The van der Waals surface area contributed by atoms with E-state index in [4.69, 9.17) is 9.97 Å². The highest BCUT2D eigenvalue weighted by atomic mass is 16.1. The fourth-order valence-electron chi connectivity index (χ4n) is 7.15. The van der Waals surface area contributed by atoms with E-state index in [1.165, 1.54) is 0 Å². The zero-order chi connectivity index (χ0) is 33.1. The molecule has 9 rings (SSSR count). The quantitative estimate of drug-likeness (QED) is 0.116. The molecule has 5 N–H and O–H groups in total. The monoisotopic (exact) mass is 640 g/mol. The van der Waals surface area contributed by atoms with Crippen LogP contribution in [0.4, 0.5) is 0 Å². The Bertz CT molecular complexity index is 2570. The number of nitrogens with one attached hydrogen (secondary N) is 5. The predicted octanol–water partition coefficient (Wildman–Crippen LogP) is 9.01. The highest BCUT2D eigenvalue weighted by molar-refractivity contribution is 6.23. The normalized spacial score (nSPS) is 12.8. The number of aromatic amines is 5. The van der Waals surface area contributed by atoms with Crippen LogP contribution in [0.25, 0.3) is 79.1 Å². The Morgan fingerprint density at radius 2 is 1.22 bits per heavy atom. The van der Waals surface area contributed by atoms with Crippen molar-refractivity contribution in [3.63, 3.8) is 0 Å². The molecule has 8 bridgehead atoms. The van der Waals surface area contributed by atoms with Crippen LogP contribution in [0.5, 0.6) is 0 Å². The van der Waals surface area contributed by atoms with Gasteiger partial charge in [-0.3, -0.25) is 4.79 Å². The van der Waals surface area contributed by atoms with Gasteiger partial charge in [-0.15, -0.1) is 0 Å². The second-order valence-corrected chi connectivity index (χ2v) is 12.5. The molecule has 0 radical (unpaired) electrons. The number of hydrogen-bond acceptors (Lipinski definition) is 3. The summed E-state index contributed by atoms with van der Waals surface area (Å²) in [7, 11) is 0. The van der Waals surface area contributed by atoms with Crippen molar-refractivity contribution < 1.29 is 4.79 Å². The molecular weight excluding hydrogens is 608 g/mol. The molecule has 7 aromatic heterocycles. The molecule has 9 nitrogen and oxygen atoms in total. The first-order valence-corrected chi connectivity index (χ1v) is 16.3. The van der Waals surface area contributed by atoms with Gasteiger partial charge in [0, 0.05) is 86.9 Å². The van der Waals surface area contributed by atoms with E-state index in [0.29, 0.717) is 17.0 Å². The van der Waals surface area contributed by atoms with Crippen LogP contribution < -0.4 is 0 Å². The van der Waals surface area contributed by atoms with Crippen LogP contribution in [0.15, 0.2) is 104 Å². The second kappa shape index (κ2) is 11.3. The molecule has 9 heterocycles. The van der Waals surface area contributed by atoms with Gasteiger partial charge >= 0.3 is 0 Å². The number of H-pyrrole nitrogens is 5. The summed E-state index contributed by atoms with van der Waals surface area (Å²) in [4.78, 5) is 40.9. The van der Waals surface area contributed by atoms with Crippen molar-refractivity contribution in [2.45, 2.75) is 19.9 Å². The molecule has 9 heteroatoms. The lowest BCUT2D eigenvalue weighted by atomic mass is 9.95. The average molecular weight is 641 g/mol. The van der Waals surface area contributed by atoms with Crippen molar-refractivity contribution in [3.05, 3.63) is 132 Å². The zero-order valence-corrected chi connectivity index (χ0v) is 26.9. The fraction of sp³-hybridized carbons (Fsp3) is 0.0750. The predicted molar refractivity (Wildman–Crippen MR) is 196 cm³/mol. The lowest BCUT2D eigenvalue weighted by Crippen LogP contribution is -2.03. The third-order valence-electron chi connectivity index (χ3n) is 9.13. The van der Waals surface area contributed by atoms with Gasteiger partial charge in [-0.2, -0.15) is 0 Å². The standard InChI is InChI=1S/C40H32N8O/c1-23(2)48-34-21-27-14-12-25(46-27)19-24-11-13-26(45-24)20-33-28(22-49)35(29-7-3-15-41-29)39(47-33)38(32-10-6-18-44-32)40(48)37(31-9-5-17-43-31)36(34)30-8-4-16-42-30/h3-23,41-45H,1-2H3. The minimum absolute atomic E-state index is 0.0133. The van der Waals surface area contributed by atoms with Crippen LogP contribution in [-0.4, -0.2) is 45.7 Å². The summed E-state index contributed by atoms with van der Waals surface area (Å²) in [6, 6.07) is 26.4. The molecule has 0 amide bonds. The highest BCUT2D eigenvalue weighted by Gasteiger charge is 2.31. The van der Waals surface area contributed by atoms with Crippen molar-refractivity contribution in [1.29, 1.82) is 0 Å². The van der Waals surface area contributed by atoms with Gasteiger partial charge in [0.25, 0.3) is 0 Å². The lowest BCUT2D eigenvalue weighted by Gasteiger charge is -2.16. The lowest BCUT2D eigenvalue weighted by molar-refractivity contribution is -0.103. The van der Waals surface area contributed by atoms with Gasteiger partial charge in [0.05, 0.1) is 39.4 Å². The van der Waals surface area contributed by atoms with E-state index >= 15 is 0 Å². The first kappa shape index (κ1) is 28.6. The minimum atomic E-state index is 0.0133. The molecule has 0 aromatic carbocycles. The Morgan fingerprint density at radius 1 is 0.653 bits per heavy atom. The van der Waals surface area contributed by atoms with E-state index in [0.717, 1.165) is 84.8 Å². The summed E-state index contributed by atoms with van der Waals surface area (Å²) >= 11 is 0. The Hall–Kier alpha value is -6.61. The first-order chi connectivity index (χ1) is 24.1. The SMILES string of the molecule is CC(C)n1c2cc3nc(cc4ccc(cc5nc(c(-c6ccc[nH]6)c1c(-c1ccc[nH]1)c2-c1ccc[nH]1)C(c1ccc[nH]1)=C5C=O)[nH]4)C=C3.